The molecule has 0 spiro atoms. The molecule has 1 N–H and O–H groups in total. The fourth-order valence-electron chi connectivity index (χ4n) is 1.51. The van der Waals surface area contributed by atoms with E-state index in [1.165, 1.54) is 5.56 Å². The molecule has 3 nitrogen and oxygen atoms in total. The molecular weight excluding hydrogens is 188 g/mol. The van der Waals surface area contributed by atoms with Gasteiger partial charge >= 0.3 is 0 Å². The van der Waals surface area contributed by atoms with Crippen molar-refractivity contribution in [2.75, 3.05) is 26.7 Å². The molecule has 0 saturated carbocycles. The maximum Gasteiger partial charge on any atom is 0.105 e. The summed E-state index contributed by atoms with van der Waals surface area (Å²) >= 11 is 0. The van der Waals surface area contributed by atoms with Crippen molar-refractivity contribution >= 4 is 0 Å². The molecule has 0 aliphatic heterocycles. The molecule has 0 unspecified atom stereocenters. The van der Waals surface area contributed by atoms with Crippen molar-refractivity contribution in [3.05, 3.63) is 23.2 Å². The van der Waals surface area contributed by atoms with Crippen LogP contribution in [-0.2, 0) is 6.54 Å². The molecule has 0 atom stereocenters. The second kappa shape index (κ2) is 5.93. The van der Waals surface area contributed by atoms with Gasteiger partial charge in [0, 0.05) is 25.2 Å². The van der Waals surface area contributed by atoms with Crippen LogP contribution in [0.2, 0.25) is 0 Å². The maximum atomic E-state index is 5.46. The fourth-order valence-corrected chi connectivity index (χ4v) is 1.51. The van der Waals surface area contributed by atoms with Crippen LogP contribution in [0.25, 0.3) is 0 Å². The smallest absolute Gasteiger partial charge is 0.105 e. The molecule has 0 fully saturated rings. The lowest BCUT2D eigenvalue weighted by Crippen LogP contribution is -2.28. The van der Waals surface area contributed by atoms with Crippen LogP contribution in [0.15, 0.2) is 10.5 Å². The van der Waals surface area contributed by atoms with Crippen LogP contribution in [0.1, 0.15) is 24.0 Å². The summed E-state index contributed by atoms with van der Waals surface area (Å²) in [5.41, 5.74) is 1.27. The minimum absolute atomic E-state index is 0.903. The number of hydrogen-bond acceptors (Lipinski definition) is 3. The Balaban J connectivity index is 2.23. The average Bonchev–Trinajstić information content (AvgIpc) is 2.52. The van der Waals surface area contributed by atoms with E-state index in [-0.39, 0.29) is 0 Å². The monoisotopic (exact) mass is 210 g/mol. The lowest BCUT2D eigenvalue weighted by atomic mass is 10.2. The van der Waals surface area contributed by atoms with Crippen molar-refractivity contribution in [2.45, 2.75) is 27.3 Å². The normalized spacial score (nSPS) is 11.3. The summed E-state index contributed by atoms with van der Waals surface area (Å²) < 4.78 is 5.46. The molecule has 0 aliphatic rings. The number of rotatable bonds is 6. The highest BCUT2D eigenvalue weighted by molar-refractivity contribution is 5.19. The highest BCUT2D eigenvalue weighted by atomic mass is 16.3. The predicted molar refractivity (Wildman–Crippen MR) is 63.1 cm³/mol. The zero-order valence-electron chi connectivity index (χ0n) is 10.3. The van der Waals surface area contributed by atoms with Crippen molar-refractivity contribution in [3.8, 4) is 0 Å². The van der Waals surface area contributed by atoms with Gasteiger partial charge in [0.05, 0.1) is 0 Å². The summed E-state index contributed by atoms with van der Waals surface area (Å²) in [6.07, 6.45) is 0. The topological polar surface area (TPSA) is 28.4 Å². The SMILES string of the molecule is CCN(C)CCNCc1cc(C)oc1C. The van der Waals surface area contributed by atoms with E-state index in [0.29, 0.717) is 0 Å². The summed E-state index contributed by atoms with van der Waals surface area (Å²) in [6.45, 7) is 10.3. The third-order valence-electron chi connectivity index (χ3n) is 2.67. The number of furan rings is 1. The molecule has 0 aliphatic carbocycles. The molecule has 1 heterocycles. The zero-order valence-corrected chi connectivity index (χ0v) is 10.3. The Bertz CT molecular complexity index is 294. The average molecular weight is 210 g/mol. The van der Waals surface area contributed by atoms with E-state index in [2.05, 4.69) is 30.3 Å². The van der Waals surface area contributed by atoms with Gasteiger partial charge in [0.15, 0.2) is 0 Å². The fraction of sp³-hybridized carbons (Fsp3) is 0.667. The van der Waals surface area contributed by atoms with Crippen LogP contribution in [0.3, 0.4) is 0 Å². The van der Waals surface area contributed by atoms with Crippen LogP contribution in [0.5, 0.6) is 0 Å². The molecule has 0 aromatic carbocycles. The number of nitrogens with zero attached hydrogens (tertiary/aromatic N) is 1. The Kier molecular flexibility index (Phi) is 4.85. The first-order valence-corrected chi connectivity index (χ1v) is 5.58. The van der Waals surface area contributed by atoms with Crippen molar-refractivity contribution < 1.29 is 4.42 Å². The minimum atomic E-state index is 0.903. The van der Waals surface area contributed by atoms with E-state index >= 15 is 0 Å². The summed E-state index contributed by atoms with van der Waals surface area (Å²) in [4.78, 5) is 2.29. The van der Waals surface area contributed by atoms with Crippen molar-refractivity contribution in [2.24, 2.45) is 0 Å². The van der Waals surface area contributed by atoms with Gasteiger partial charge in [-0.05, 0) is 33.5 Å². The van der Waals surface area contributed by atoms with Gasteiger partial charge in [0.2, 0.25) is 0 Å². The standard InChI is InChI=1S/C12H22N2O/c1-5-14(4)7-6-13-9-12-8-10(2)15-11(12)3/h8,13H,5-7,9H2,1-4H3. The summed E-state index contributed by atoms with van der Waals surface area (Å²) in [7, 11) is 2.13. The van der Waals surface area contributed by atoms with Gasteiger partial charge in [-0.2, -0.15) is 0 Å². The van der Waals surface area contributed by atoms with Gasteiger partial charge < -0.3 is 14.6 Å². The number of aryl methyl sites for hydroxylation is 2. The van der Waals surface area contributed by atoms with Crippen LogP contribution >= 0.6 is 0 Å². The van der Waals surface area contributed by atoms with Gasteiger partial charge in [-0.25, -0.2) is 0 Å². The number of nitrogens with one attached hydrogen (secondary N) is 1. The summed E-state index contributed by atoms with van der Waals surface area (Å²) in [5.74, 6) is 2.03. The van der Waals surface area contributed by atoms with Gasteiger partial charge in [0.1, 0.15) is 11.5 Å². The second-order valence-electron chi connectivity index (χ2n) is 4.01. The van der Waals surface area contributed by atoms with Crippen LogP contribution in [0, 0.1) is 13.8 Å². The minimum Gasteiger partial charge on any atom is -0.466 e. The first-order valence-electron chi connectivity index (χ1n) is 5.58. The van der Waals surface area contributed by atoms with E-state index in [0.717, 1.165) is 37.7 Å². The lowest BCUT2D eigenvalue weighted by Gasteiger charge is -2.13. The van der Waals surface area contributed by atoms with E-state index < -0.39 is 0 Å². The van der Waals surface area contributed by atoms with E-state index in [9.17, 15) is 0 Å². The molecule has 3 heteroatoms. The molecule has 1 rings (SSSR count). The first-order chi connectivity index (χ1) is 7.13. The zero-order chi connectivity index (χ0) is 11.3. The van der Waals surface area contributed by atoms with E-state index in [1.807, 2.05) is 13.8 Å². The molecule has 1 aromatic heterocycles. The lowest BCUT2D eigenvalue weighted by molar-refractivity contribution is 0.348. The Hall–Kier alpha value is -0.800. The Morgan fingerprint density at radius 2 is 2.13 bits per heavy atom. The molecule has 15 heavy (non-hydrogen) atoms. The Morgan fingerprint density at radius 1 is 1.40 bits per heavy atom. The molecule has 0 bridgehead atoms. The van der Waals surface area contributed by atoms with Crippen molar-refractivity contribution in [1.82, 2.24) is 10.2 Å². The molecule has 0 amide bonds. The Labute approximate surface area is 92.5 Å². The largest absolute Gasteiger partial charge is 0.466 e. The quantitative estimate of drug-likeness (QED) is 0.727. The molecule has 0 radical (unpaired) electrons. The van der Waals surface area contributed by atoms with Crippen LogP contribution in [-0.4, -0.2) is 31.6 Å². The van der Waals surface area contributed by atoms with E-state index in [1.54, 1.807) is 0 Å². The van der Waals surface area contributed by atoms with Crippen LogP contribution in [0.4, 0.5) is 0 Å². The molecule has 1 aromatic rings. The van der Waals surface area contributed by atoms with Gasteiger partial charge in [-0.3, -0.25) is 0 Å². The number of likely N-dealkylation sites (N-methyl/N-ethyl adjacent to an activating group) is 1. The van der Waals surface area contributed by atoms with E-state index in [4.69, 9.17) is 4.42 Å². The highest BCUT2D eigenvalue weighted by Gasteiger charge is 2.03. The summed E-state index contributed by atoms with van der Waals surface area (Å²) in [6, 6.07) is 2.10. The predicted octanol–water partition coefficient (Wildman–Crippen LogP) is 1.94. The van der Waals surface area contributed by atoms with Gasteiger partial charge in [-0.15, -0.1) is 0 Å². The third-order valence-corrected chi connectivity index (χ3v) is 2.67. The Morgan fingerprint density at radius 3 is 2.67 bits per heavy atom. The molecular formula is C12H22N2O. The molecule has 86 valence electrons. The van der Waals surface area contributed by atoms with Crippen LogP contribution < -0.4 is 5.32 Å². The number of hydrogen-bond donors (Lipinski definition) is 1. The summed E-state index contributed by atoms with van der Waals surface area (Å²) in [5, 5.41) is 3.42. The van der Waals surface area contributed by atoms with Gasteiger partial charge in [0.25, 0.3) is 0 Å². The molecule has 0 saturated heterocycles. The maximum absolute atomic E-state index is 5.46. The second-order valence-corrected chi connectivity index (χ2v) is 4.01. The first kappa shape index (κ1) is 12.3. The highest BCUT2D eigenvalue weighted by Crippen LogP contribution is 2.12. The van der Waals surface area contributed by atoms with Gasteiger partial charge in [-0.1, -0.05) is 6.92 Å². The van der Waals surface area contributed by atoms with Crippen molar-refractivity contribution in [1.29, 1.82) is 0 Å². The van der Waals surface area contributed by atoms with Crippen molar-refractivity contribution in [3.63, 3.8) is 0 Å². The third kappa shape index (κ3) is 4.06.